The number of nitrogens with one attached hydrogen (secondary N) is 1. The van der Waals surface area contributed by atoms with Crippen LogP contribution in [0, 0.1) is 0 Å². The largest absolute Gasteiger partial charge is 0.315 e. The summed E-state index contributed by atoms with van der Waals surface area (Å²) >= 11 is 0. The van der Waals surface area contributed by atoms with Gasteiger partial charge in [-0.15, -0.1) is 0 Å². The van der Waals surface area contributed by atoms with Crippen molar-refractivity contribution in [2.75, 3.05) is 19.6 Å². The van der Waals surface area contributed by atoms with Crippen molar-refractivity contribution in [2.24, 2.45) is 0 Å². The van der Waals surface area contributed by atoms with Crippen LogP contribution >= 0.6 is 0 Å². The Hall–Kier alpha value is -0.0800. The van der Waals surface area contributed by atoms with E-state index in [1.165, 1.54) is 51.7 Å². The Labute approximate surface area is 95.4 Å². The molecule has 0 aliphatic carbocycles. The molecule has 15 heavy (non-hydrogen) atoms. The van der Waals surface area contributed by atoms with Gasteiger partial charge >= 0.3 is 0 Å². The minimum absolute atomic E-state index is 0.807. The zero-order valence-electron chi connectivity index (χ0n) is 10.8. The minimum Gasteiger partial charge on any atom is -0.315 e. The van der Waals surface area contributed by atoms with Crippen LogP contribution in [0.25, 0.3) is 0 Å². The summed E-state index contributed by atoms with van der Waals surface area (Å²) in [6.07, 6.45) is 6.65. The molecule has 2 nitrogen and oxygen atoms in total. The van der Waals surface area contributed by atoms with Crippen LogP contribution in [0.2, 0.25) is 0 Å². The zero-order chi connectivity index (χ0) is 11.1. The second-order valence-corrected chi connectivity index (χ2v) is 4.71. The van der Waals surface area contributed by atoms with Crippen molar-refractivity contribution in [1.29, 1.82) is 0 Å². The normalized spacial score (nSPS) is 22.8. The Morgan fingerprint density at radius 3 is 2.60 bits per heavy atom. The highest BCUT2D eigenvalue weighted by Crippen LogP contribution is 2.22. The van der Waals surface area contributed by atoms with Crippen molar-refractivity contribution < 1.29 is 0 Å². The van der Waals surface area contributed by atoms with E-state index in [-0.39, 0.29) is 0 Å². The van der Waals surface area contributed by atoms with Crippen LogP contribution < -0.4 is 5.32 Å². The molecular weight excluding hydrogens is 184 g/mol. The van der Waals surface area contributed by atoms with Crippen LogP contribution in [0.5, 0.6) is 0 Å². The maximum Gasteiger partial charge on any atom is 0.0224 e. The molecule has 1 fully saturated rings. The van der Waals surface area contributed by atoms with E-state index in [1.54, 1.807) is 0 Å². The quantitative estimate of drug-likeness (QED) is 0.653. The Kier molecular flexibility index (Phi) is 6.26. The SMILES string of the molecule is CCCNCC1CCCN1C(CC)CC. The van der Waals surface area contributed by atoms with Crippen molar-refractivity contribution in [2.45, 2.75) is 65.0 Å². The molecule has 0 aromatic carbocycles. The van der Waals surface area contributed by atoms with Crippen molar-refractivity contribution in [1.82, 2.24) is 10.2 Å². The monoisotopic (exact) mass is 212 g/mol. The summed E-state index contributed by atoms with van der Waals surface area (Å²) in [5, 5.41) is 3.57. The molecule has 1 aliphatic heterocycles. The van der Waals surface area contributed by atoms with Gasteiger partial charge in [0.1, 0.15) is 0 Å². The van der Waals surface area contributed by atoms with Crippen LogP contribution in [-0.2, 0) is 0 Å². The molecule has 1 atom stereocenters. The van der Waals surface area contributed by atoms with Gasteiger partial charge in [-0.05, 0) is 45.2 Å². The lowest BCUT2D eigenvalue weighted by atomic mass is 10.1. The predicted molar refractivity (Wildman–Crippen MR) is 67.3 cm³/mol. The maximum atomic E-state index is 3.57. The van der Waals surface area contributed by atoms with Gasteiger partial charge in [0.05, 0.1) is 0 Å². The molecule has 1 aliphatic rings. The standard InChI is InChI=1S/C13H28N2/c1-4-9-14-11-13-8-7-10-15(13)12(5-2)6-3/h12-14H,4-11H2,1-3H3. The molecular formula is C13H28N2. The molecule has 0 amide bonds. The summed E-state index contributed by atoms with van der Waals surface area (Å²) in [5.74, 6) is 0. The van der Waals surface area contributed by atoms with Gasteiger partial charge in [0.2, 0.25) is 0 Å². The summed E-state index contributed by atoms with van der Waals surface area (Å²) in [4.78, 5) is 2.74. The number of rotatable bonds is 7. The number of hydrogen-bond acceptors (Lipinski definition) is 2. The molecule has 0 aromatic heterocycles. The van der Waals surface area contributed by atoms with Gasteiger partial charge in [-0.3, -0.25) is 4.90 Å². The van der Waals surface area contributed by atoms with Gasteiger partial charge < -0.3 is 5.32 Å². The van der Waals surface area contributed by atoms with Crippen LogP contribution in [0.1, 0.15) is 52.9 Å². The van der Waals surface area contributed by atoms with E-state index in [0.717, 1.165) is 12.1 Å². The third-order valence-corrected chi connectivity index (χ3v) is 3.64. The maximum absolute atomic E-state index is 3.57. The molecule has 1 saturated heterocycles. The first-order valence-electron chi connectivity index (χ1n) is 6.79. The lowest BCUT2D eigenvalue weighted by Crippen LogP contribution is -2.43. The molecule has 1 N–H and O–H groups in total. The Bertz CT molecular complexity index is 155. The fraction of sp³-hybridized carbons (Fsp3) is 1.00. The summed E-state index contributed by atoms with van der Waals surface area (Å²) in [6, 6.07) is 1.63. The average Bonchev–Trinajstić information content (AvgIpc) is 2.69. The summed E-state index contributed by atoms with van der Waals surface area (Å²) in [5.41, 5.74) is 0. The van der Waals surface area contributed by atoms with E-state index in [0.29, 0.717) is 0 Å². The molecule has 1 heterocycles. The fourth-order valence-corrected chi connectivity index (χ4v) is 2.76. The summed E-state index contributed by atoms with van der Waals surface area (Å²) in [6.45, 7) is 10.6. The molecule has 1 unspecified atom stereocenters. The second-order valence-electron chi connectivity index (χ2n) is 4.71. The van der Waals surface area contributed by atoms with E-state index in [9.17, 15) is 0 Å². The molecule has 90 valence electrons. The van der Waals surface area contributed by atoms with E-state index >= 15 is 0 Å². The Balaban J connectivity index is 2.34. The van der Waals surface area contributed by atoms with Gasteiger partial charge in [0.15, 0.2) is 0 Å². The highest BCUT2D eigenvalue weighted by atomic mass is 15.2. The van der Waals surface area contributed by atoms with Crippen LogP contribution in [-0.4, -0.2) is 36.6 Å². The van der Waals surface area contributed by atoms with Crippen molar-refractivity contribution in [3.63, 3.8) is 0 Å². The van der Waals surface area contributed by atoms with E-state index < -0.39 is 0 Å². The second kappa shape index (κ2) is 7.24. The lowest BCUT2D eigenvalue weighted by Gasteiger charge is -2.32. The number of likely N-dealkylation sites (tertiary alicyclic amines) is 1. The lowest BCUT2D eigenvalue weighted by molar-refractivity contribution is 0.167. The fourth-order valence-electron chi connectivity index (χ4n) is 2.76. The molecule has 1 rings (SSSR count). The molecule has 0 spiro atoms. The summed E-state index contributed by atoms with van der Waals surface area (Å²) < 4.78 is 0. The zero-order valence-corrected chi connectivity index (χ0v) is 10.8. The molecule has 0 saturated carbocycles. The van der Waals surface area contributed by atoms with E-state index in [1.807, 2.05) is 0 Å². The highest BCUT2D eigenvalue weighted by molar-refractivity contribution is 4.85. The van der Waals surface area contributed by atoms with Gasteiger partial charge in [-0.1, -0.05) is 20.8 Å². The van der Waals surface area contributed by atoms with Gasteiger partial charge in [-0.2, -0.15) is 0 Å². The Morgan fingerprint density at radius 1 is 1.27 bits per heavy atom. The smallest absolute Gasteiger partial charge is 0.0224 e. The molecule has 0 radical (unpaired) electrons. The van der Waals surface area contributed by atoms with Crippen LogP contribution in [0.3, 0.4) is 0 Å². The molecule has 2 heteroatoms. The third-order valence-electron chi connectivity index (χ3n) is 3.64. The Morgan fingerprint density at radius 2 is 2.00 bits per heavy atom. The molecule has 0 aromatic rings. The van der Waals surface area contributed by atoms with Crippen LogP contribution in [0.4, 0.5) is 0 Å². The first kappa shape index (κ1) is 13.0. The topological polar surface area (TPSA) is 15.3 Å². The van der Waals surface area contributed by atoms with Gasteiger partial charge in [0, 0.05) is 18.6 Å². The first-order valence-corrected chi connectivity index (χ1v) is 6.79. The summed E-state index contributed by atoms with van der Waals surface area (Å²) in [7, 11) is 0. The highest BCUT2D eigenvalue weighted by Gasteiger charge is 2.28. The van der Waals surface area contributed by atoms with Crippen molar-refractivity contribution in [3.8, 4) is 0 Å². The number of nitrogens with zero attached hydrogens (tertiary/aromatic N) is 1. The van der Waals surface area contributed by atoms with Crippen LogP contribution in [0.15, 0.2) is 0 Å². The van der Waals surface area contributed by atoms with Crippen molar-refractivity contribution in [3.05, 3.63) is 0 Å². The average molecular weight is 212 g/mol. The van der Waals surface area contributed by atoms with E-state index in [4.69, 9.17) is 0 Å². The van der Waals surface area contributed by atoms with Crippen molar-refractivity contribution >= 4 is 0 Å². The first-order chi connectivity index (χ1) is 7.33. The molecule has 0 bridgehead atoms. The van der Waals surface area contributed by atoms with Gasteiger partial charge in [0.25, 0.3) is 0 Å². The minimum atomic E-state index is 0.807. The third kappa shape index (κ3) is 3.76. The van der Waals surface area contributed by atoms with Gasteiger partial charge in [-0.25, -0.2) is 0 Å². The number of hydrogen-bond donors (Lipinski definition) is 1. The predicted octanol–water partition coefficient (Wildman–Crippen LogP) is 2.64. The van der Waals surface area contributed by atoms with E-state index in [2.05, 4.69) is 31.0 Å².